The van der Waals surface area contributed by atoms with Gasteiger partial charge in [0, 0.05) is 5.92 Å². The Balaban J connectivity index is 0.000000297. The molecule has 1 aliphatic carbocycles. The van der Waals surface area contributed by atoms with E-state index in [0.29, 0.717) is 5.92 Å². The Morgan fingerprint density at radius 2 is 1.32 bits per heavy atom. The monoisotopic (exact) mass is 256 g/mol. The molecule has 0 saturated heterocycles. The second kappa shape index (κ2) is 5.57. The fourth-order valence-electron chi connectivity index (χ4n) is 2.70. The first-order chi connectivity index (χ1) is 9.15. The first-order valence-electron chi connectivity index (χ1n) is 6.25. The molecule has 3 rings (SSSR count). The fourth-order valence-corrected chi connectivity index (χ4v) is 2.70. The van der Waals surface area contributed by atoms with Crippen LogP contribution in [0.5, 0.6) is 0 Å². The number of rotatable bonds is 1. The Hall–Kier alpha value is -2.29. The Labute approximate surface area is 112 Å². The van der Waals surface area contributed by atoms with Crippen molar-refractivity contribution >= 4 is 6.16 Å². The van der Waals surface area contributed by atoms with Crippen molar-refractivity contribution in [2.24, 2.45) is 0 Å². The summed E-state index contributed by atoms with van der Waals surface area (Å²) < 4.78 is 0. The van der Waals surface area contributed by atoms with Gasteiger partial charge in [0.25, 0.3) is 0 Å². The highest BCUT2D eigenvalue weighted by molar-refractivity contribution is 5.78. The van der Waals surface area contributed by atoms with E-state index in [1.54, 1.807) is 0 Å². The molecule has 0 aromatic heterocycles. The first-order valence-corrected chi connectivity index (χ1v) is 6.25. The molecular formula is C16H16O3. The van der Waals surface area contributed by atoms with Crippen LogP contribution in [-0.4, -0.2) is 16.4 Å². The summed E-state index contributed by atoms with van der Waals surface area (Å²) in [5.41, 5.74) is 5.86. The lowest BCUT2D eigenvalue weighted by Crippen LogP contribution is -1.93. The molecule has 0 amide bonds. The summed E-state index contributed by atoms with van der Waals surface area (Å²) in [7, 11) is 0. The van der Waals surface area contributed by atoms with E-state index in [-0.39, 0.29) is 0 Å². The summed E-state index contributed by atoms with van der Waals surface area (Å²) in [5, 5.41) is 13.9. The van der Waals surface area contributed by atoms with Crippen LogP contribution in [0.25, 0.3) is 11.1 Å². The van der Waals surface area contributed by atoms with Gasteiger partial charge in [0.2, 0.25) is 0 Å². The van der Waals surface area contributed by atoms with E-state index in [2.05, 4.69) is 55.5 Å². The fraction of sp³-hybridized carbons (Fsp3) is 0.188. The lowest BCUT2D eigenvalue weighted by molar-refractivity contribution is 0.137. The third kappa shape index (κ3) is 2.60. The second-order valence-electron chi connectivity index (χ2n) is 4.42. The number of carbonyl (C=O) groups is 1. The van der Waals surface area contributed by atoms with Crippen LogP contribution >= 0.6 is 0 Å². The Morgan fingerprint density at radius 3 is 1.68 bits per heavy atom. The van der Waals surface area contributed by atoms with Crippen LogP contribution in [0, 0.1) is 0 Å². The zero-order chi connectivity index (χ0) is 13.8. The standard InChI is InChI=1S/C15H14.CH2O3/c1-2-11-12-7-3-5-9-14(12)15-10-6-4-8-13(11)15;2-1(3)4/h3-11H,2H2,1H3;(H2,2,3,4). The smallest absolute Gasteiger partial charge is 0.450 e. The lowest BCUT2D eigenvalue weighted by Gasteiger charge is -2.09. The topological polar surface area (TPSA) is 57.5 Å². The molecule has 0 heterocycles. The molecule has 2 aromatic rings. The minimum absolute atomic E-state index is 0.609. The van der Waals surface area contributed by atoms with Crippen LogP contribution in [0.1, 0.15) is 30.4 Å². The van der Waals surface area contributed by atoms with Crippen molar-refractivity contribution in [3.8, 4) is 11.1 Å². The first kappa shape index (κ1) is 13.1. The molecule has 0 saturated carbocycles. The molecule has 2 N–H and O–H groups in total. The van der Waals surface area contributed by atoms with Gasteiger partial charge >= 0.3 is 6.16 Å². The number of fused-ring (bicyclic) bond motifs is 3. The Bertz CT molecular complexity index is 541. The minimum atomic E-state index is -1.83. The van der Waals surface area contributed by atoms with Crippen molar-refractivity contribution in [2.45, 2.75) is 19.3 Å². The van der Waals surface area contributed by atoms with Gasteiger partial charge in [-0.1, -0.05) is 55.5 Å². The molecule has 0 spiro atoms. The predicted molar refractivity (Wildman–Crippen MR) is 74.7 cm³/mol. The maximum Gasteiger partial charge on any atom is 0.503 e. The van der Waals surface area contributed by atoms with E-state index in [1.165, 1.54) is 28.7 Å². The molecule has 3 heteroatoms. The molecule has 0 radical (unpaired) electrons. The number of carboxylic acid groups (broad SMARTS) is 2. The van der Waals surface area contributed by atoms with Gasteiger partial charge in [-0.05, 0) is 28.7 Å². The second-order valence-corrected chi connectivity index (χ2v) is 4.42. The van der Waals surface area contributed by atoms with Crippen molar-refractivity contribution in [3.05, 3.63) is 59.7 Å². The lowest BCUT2D eigenvalue weighted by atomic mass is 9.95. The van der Waals surface area contributed by atoms with Crippen molar-refractivity contribution < 1.29 is 15.0 Å². The molecule has 0 atom stereocenters. The number of hydrogen-bond donors (Lipinski definition) is 2. The molecular weight excluding hydrogens is 240 g/mol. The quantitative estimate of drug-likeness (QED) is 0.793. The molecule has 2 aromatic carbocycles. The van der Waals surface area contributed by atoms with Crippen LogP contribution in [0.15, 0.2) is 48.5 Å². The molecule has 0 unspecified atom stereocenters. The van der Waals surface area contributed by atoms with Gasteiger partial charge in [-0.15, -0.1) is 0 Å². The van der Waals surface area contributed by atoms with E-state index >= 15 is 0 Å². The molecule has 1 aliphatic rings. The predicted octanol–water partition coefficient (Wildman–Crippen LogP) is 4.43. The maximum atomic E-state index is 8.56. The molecule has 3 nitrogen and oxygen atoms in total. The van der Waals surface area contributed by atoms with Crippen LogP contribution in [0.4, 0.5) is 4.79 Å². The average Bonchev–Trinajstić information content (AvgIpc) is 2.72. The highest BCUT2D eigenvalue weighted by Crippen LogP contribution is 2.45. The van der Waals surface area contributed by atoms with Crippen LogP contribution < -0.4 is 0 Å². The van der Waals surface area contributed by atoms with E-state index < -0.39 is 6.16 Å². The largest absolute Gasteiger partial charge is 0.503 e. The van der Waals surface area contributed by atoms with Gasteiger partial charge in [-0.2, -0.15) is 0 Å². The van der Waals surface area contributed by atoms with Gasteiger partial charge in [-0.3, -0.25) is 0 Å². The SMILES string of the molecule is CCC1c2ccccc2-c2ccccc21.O=C(O)O. The zero-order valence-corrected chi connectivity index (χ0v) is 10.7. The van der Waals surface area contributed by atoms with E-state index in [9.17, 15) is 0 Å². The third-order valence-electron chi connectivity index (χ3n) is 3.37. The third-order valence-corrected chi connectivity index (χ3v) is 3.37. The van der Waals surface area contributed by atoms with Crippen LogP contribution in [-0.2, 0) is 0 Å². The Kier molecular flexibility index (Phi) is 3.85. The summed E-state index contributed by atoms with van der Waals surface area (Å²) in [6.45, 7) is 2.27. The Morgan fingerprint density at radius 1 is 0.947 bits per heavy atom. The van der Waals surface area contributed by atoms with Gasteiger partial charge in [-0.25, -0.2) is 4.79 Å². The molecule has 0 bridgehead atoms. The normalized spacial score (nSPS) is 12.1. The van der Waals surface area contributed by atoms with Crippen LogP contribution in [0.3, 0.4) is 0 Å². The zero-order valence-electron chi connectivity index (χ0n) is 10.7. The highest BCUT2D eigenvalue weighted by Gasteiger charge is 2.25. The van der Waals surface area contributed by atoms with E-state index in [4.69, 9.17) is 15.0 Å². The summed E-state index contributed by atoms with van der Waals surface area (Å²) >= 11 is 0. The summed E-state index contributed by atoms with van der Waals surface area (Å²) in [4.78, 5) is 8.56. The highest BCUT2D eigenvalue weighted by atomic mass is 16.6. The molecule has 98 valence electrons. The van der Waals surface area contributed by atoms with Gasteiger partial charge in [0.05, 0.1) is 0 Å². The summed E-state index contributed by atoms with van der Waals surface area (Å²) in [5.74, 6) is 0.609. The maximum absolute atomic E-state index is 8.56. The summed E-state index contributed by atoms with van der Waals surface area (Å²) in [6.07, 6.45) is -0.645. The summed E-state index contributed by atoms with van der Waals surface area (Å²) in [6, 6.07) is 17.6. The van der Waals surface area contributed by atoms with Gasteiger partial charge < -0.3 is 10.2 Å². The molecule has 0 aliphatic heterocycles. The van der Waals surface area contributed by atoms with Crippen molar-refractivity contribution in [2.75, 3.05) is 0 Å². The number of hydrogen-bond acceptors (Lipinski definition) is 1. The molecule has 0 fully saturated rings. The minimum Gasteiger partial charge on any atom is -0.450 e. The van der Waals surface area contributed by atoms with E-state index in [0.717, 1.165) is 0 Å². The van der Waals surface area contributed by atoms with E-state index in [1.807, 2.05) is 0 Å². The van der Waals surface area contributed by atoms with Crippen molar-refractivity contribution in [1.82, 2.24) is 0 Å². The van der Waals surface area contributed by atoms with Crippen molar-refractivity contribution in [1.29, 1.82) is 0 Å². The molecule has 19 heavy (non-hydrogen) atoms. The van der Waals surface area contributed by atoms with Gasteiger partial charge in [0.15, 0.2) is 0 Å². The van der Waals surface area contributed by atoms with Crippen molar-refractivity contribution in [3.63, 3.8) is 0 Å². The average molecular weight is 256 g/mol. The number of benzene rings is 2. The van der Waals surface area contributed by atoms with Crippen LogP contribution in [0.2, 0.25) is 0 Å². The van der Waals surface area contributed by atoms with Gasteiger partial charge in [0.1, 0.15) is 0 Å².